The lowest BCUT2D eigenvalue weighted by Gasteiger charge is -2.22. The van der Waals surface area contributed by atoms with E-state index in [1.54, 1.807) is 11.8 Å². The molecular formula is C31H43ClN10S2. The van der Waals surface area contributed by atoms with Crippen molar-refractivity contribution < 1.29 is 0 Å². The third kappa shape index (κ3) is 13.9. The molecule has 0 bridgehead atoms. The number of hydrogen-bond acceptors (Lipinski definition) is 8. The van der Waals surface area contributed by atoms with Crippen molar-refractivity contribution in [2.24, 2.45) is 10.7 Å². The van der Waals surface area contributed by atoms with E-state index in [0.717, 1.165) is 66.8 Å². The fraction of sp³-hybridized carbons (Fsp3) is 0.452. The lowest BCUT2D eigenvalue weighted by atomic mass is 9.92. The molecule has 0 aliphatic heterocycles. The molecule has 0 aliphatic rings. The molecule has 3 rings (SSSR count). The standard InChI is InChI=1S/C31H43ClN10S2/c1-42(19-14-27(28-9-5-7-15-36-28)24-10-12-25(32)13-11-24)18-8-4-2-3-6-16-37-30(39-23-33)38-17-20-43-21-26-22-44-31(40-26)41-29(34)35/h5,7,9-13,15,22,27H,2-4,6,8,14,16-21H2,1H3,(H2,37,38,39)(H4,34,35,40,41). The van der Waals surface area contributed by atoms with Crippen molar-refractivity contribution in [2.75, 3.05) is 44.3 Å². The van der Waals surface area contributed by atoms with Crippen LogP contribution in [0, 0.1) is 16.9 Å². The second-order valence-corrected chi connectivity index (χ2v) is 12.7. The molecule has 0 aliphatic carbocycles. The molecule has 0 radical (unpaired) electrons. The number of hydrogen-bond donors (Lipinski definition) is 5. The molecular weight excluding hydrogens is 612 g/mol. The van der Waals surface area contributed by atoms with Gasteiger partial charge in [-0.1, -0.05) is 49.1 Å². The minimum absolute atomic E-state index is 0.116. The predicted octanol–water partition coefficient (Wildman–Crippen LogP) is 5.85. The van der Waals surface area contributed by atoms with Crippen molar-refractivity contribution in [3.05, 3.63) is 76.0 Å². The summed E-state index contributed by atoms with van der Waals surface area (Å²) in [7, 11) is 2.20. The smallest absolute Gasteiger partial charge is 0.204 e. The largest absolute Gasteiger partial charge is 0.370 e. The molecule has 10 nitrogen and oxygen atoms in total. The molecule has 0 spiro atoms. The van der Waals surface area contributed by atoms with Crippen LogP contribution in [0.2, 0.25) is 5.02 Å². The van der Waals surface area contributed by atoms with Crippen LogP contribution < -0.4 is 21.7 Å². The van der Waals surface area contributed by atoms with Crippen LogP contribution in [0.4, 0.5) is 5.13 Å². The summed E-state index contributed by atoms with van der Waals surface area (Å²) in [5.74, 6) is 2.23. The molecule has 2 heterocycles. The van der Waals surface area contributed by atoms with Crippen LogP contribution in [0.25, 0.3) is 0 Å². The molecule has 1 aromatic carbocycles. The van der Waals surface area contributed by atoms with Gasteiger partial charge in [0.1, 0.15) is 0 Å². The number of rotatable bonds is 19. The minimum atomic E-state index is -0.116. The Morgan fingerprint density at radius 3 is 2.70 bits per heavy atom. The zero-order valence-electron chi connectivity index (χ0n) is 25.3. The Kier molecular flexibility index (Phi) is 16.4. The summed E-state index contributed by atoms with van der Waals surface area (Å²) < 4.78 is 0. The van der Waals surface area contributed by atoms with Gasteiger partial charge in [0.25, 0.3) is 0 Å². The zero-order valence-corrected chi connectivity index (χ0v) is 27.7. The van der Waals surface area contributed by atoms with E-state index in [4.69, 9.17) is 28.0 Å². The second kappa shape index (κ2) is 20.6. The lowest BCUT2D eigenvalue weighted by molar-refractivity contribution is 0.313. The molecule has 44 heavy (non-hydrogen) atoms. The lowest BCUT2D eigenvalue weighted by Crippen LogP contribution is -2.35. The topological polar surface area (TPSA) is 151 Å². The van der Waals surface area contributed by atoms with Crippen molar-refractivity contribution in [2.45, 2.75) is 50.2 Å². The maximum atomic E-state index is 9.06. The maximum absolute atomic E-state index is 9.06. The molecule has 0 saturated carbocycles. The average Bonchev–Trinajstić information content (AvgIpc) is 3.46. The average molecular weight is 655 g/mol. The van der Waals surface area contributed by atoms with E-state index in [0.29, 0.717) is 17.6 Å². The summed E-state index contributed by atoms with van der Waals surface area (Å²) in [5, 5.41) is 28.3. The van der Waals surface area contributed by atoms with E-state index in [9.17, 15) is 0 Å². The van der Waals surface area contributed by atoms with Gasteiger partial charge in [-0.15, -0.1) is 11.3 Å². The highest BCUT2D eigenvalue weighted by molar-refractivity contribution is 7.98. The highest BCUT2D eigenvalue weighted by Crippen LogP contribution is 2.28. The van der Waals surface area contributed by atoms with Gasteiger partial charge >= 0.3 is 0 Å². The van der Waals surface area contributed by atoms with Crippen molar-refractivity contribution in [3.8, 4) is 6.19 Å². The van der Waals surface area contributed by atoms with Crippen molar-refractivity contribution in [3.63, 3.8) is 0 Å². The maximum Gasteiger partial charge on any atom is 0.204 e. The highest BCUT2D eigenvalue weighted by Gasteiger charge is 2.16. The number of nitrogens with two attached hydrogens (primary N) is 1. The quantitative estimate of drug-likeness (QED) is 0.0352. The summed E-state index contributed by atoms with van der Waals surface area (Å²) >= 11 is 9.27. The Bertz CT molecular complexity index is 1310. The van der Waals surface area contributed by atoms with Crippen molar-refractivity contribution in [1.29, 1.82) is 10.7 Å². The van der Waals surface area contributed by atoms with Crippen LogP contribution >= 0.6 is 34.7 Å². The Hall–Kier alpha value is -3.37. The van der Waals surface area contributed by atoms with Crippen LogP contribution in [0.15, 0.2) is 59.0 Å². The normalized spacial score (nSPS) is 12.1. The monoisotopic (exact) mass is 654 g/mol. The first-order chi connectivity index (χ1) is 21.4. The molecule has 3 aromatic rings. The van der Waals surface area contributed by atoms with Gasteiger partial charge in [0.05, 0.1) is 12.2 Å². The number of nitrogens with zero attached hydrogens (tertiary/aromatic N) is 5. The molecule has 236 valence electrons. The number of halogens is 1. The van der Waals surface area contributed by atoms with Crippen molar-refractivity contribution >= 4 is 51.8 Å². The Morgan fingerprint density at radius 2 is 1.95 bits per heavy atom. The Morgan fingerprint density at radius 1 is 1.16 bits per heavy atom. The molecule has 1 atom stereocenters. The molecule has 0 amide bonds. The molecule has 2 aromatic heterocycles. The van der Waals surface area contributed by atoms with E-state index in [2.05, 4.69) is 67.1 Å². The number of benzene rings is 1. The summed E-state index contributed by atoms with van der Waals surface area (Å²) in [6, 6.07) is 14.3. The van der Waals surface area contributed by atoms with Gasteiger partial charge in [0.2, 0.25) is 5.96 Å². The molecule has 0 saturated heterocycles. The van der Waals surface area contributed by atoms with Gasteiger partial charge in [0, 0.05) is 46.3 Å². The second-order valence-electron chi connectivity index (χ2n) is 10.3. The third-order valence-electron chi connectivity index (χ3n) is 6.85. The third-order valence-corrected chi connectivity index (χ3v) is 8.88. The number of nitrogens with one attached hydrogen (secondary N) is 4. The Labute approximate surface area is 274 Å². The first-order valence-electron chi connectivity index (χ1n) is 14.9. The van der Waals surface area contributed by atoms with E-state index >= 15 is 0 Å². The minimum Gasteiger partial charge on any atom is -0.370 e. The first-order valence-corrected chi connectivity index (χ1v) is 17.3. The van der Waals surface area contributed by atoms with Crippen LogP contribution in [0.5, 0.6) is 0 Å². The van der Waals surface area contributed by atoms with E-state index < -0.39 is 0 Å². The molecule has 0 fully saturated rings. The summed E-state index contributed by atoms with van der Waals surface area (Å²) in [5.41, 5.74) is 8.62. The van der Waals surface area contributed by atoms with Gasteiger partial charge in [-0.05, 0) is 69.2 Å². The number of nitriles is 1. The number of guanidine groups is 2. The number of thioether (sulfide) groups is 1. The van der Waals surface area contributed by atoms with Gasteiger partial charge in [0.15, 0.2) is 17.3 Å². The zero-order chi connectivity index (χ0) is 31.4. The fourth-order valence-electron chi connectivity index (χ4n) is 4.60. The number of anilines is 1. The number of aliphatic imine (C=N–C) groups is 1. The Balaban J connectivity index is 1.25. The number of aromatic nitrogens is 2. The van der Waals surface area contributed by atoms with Crippen LogP contribution in [-0.4, -0.2) is 65.8 Å². The molecule has 6 N–H and O–H groups in total. The summed E-state index contributed by atoms with van der Waals surface area (Å²) in [6.45, 7) is 3.46. The first kappa shape index (κ1) is 35.1. The number of unbranched alkanes of at least 4 members (excludes halogenated alkanes) is 4. The fourth-order valence-corrected chi connectivity index (χ4v) is 6.28. The van der Waals surface area contributed by atoms with Gasteiger partial charge < -0.3 is 21.3 Å². The van der Waals surface area contributed by atoms with E-state index in [-0.39, 0.29) is 11.9 Å². The van der Waals surface area contributed by atoms with Crippen molar-refractivity contribution in [1.82, 2.24) is 25.5 Å². The van der Waals surface area contributed by atoms with Gasteiger partial charge in [-0.25, -0.2) is 4.98 Å². The van der Waals surface area contributed by atoms with Crippen LogP contribution in [-0.2, 0) is 5.75 Å². The highest BCUT2D eigenvalue weighted by atomic mass is 35.5. The summed E-state index contributed by atoms with van der Waals surface area (Å²) in [6.07, 6.45) is 10.6. The number of thiazole rings is 1. The predicted molar refractivity (Wildman–Crippen MR) is 186 cm³/mol. The summed E-state index contributed by atoms with van der Waals surface area (Å²) in [4.78, 5) is 15.9. The van der Waals surface area contributed by atoms with Crippen LogP contribution in [0.1, 0.15) is 61.4 Å². The molecule has 13 heteroatoms. The molecule has 1 unspecified atom stereocenters. The SMILES string of the molecule is CN(CCCCCCCN/C(=N\CCSCc1csc(NC(=N)N)n1)NC#N)CCC(c1ccc(Cl)cc1)c1ccccn1. The van der Waals surface area contributed by atoms with E-state index in [1.165, 1.54) is 36.2 Å². The van der Waals surface area contributed by atoms with Gasteiger partial charge in [-0.3, -0.25) is 20.7 Å². The van der Waals surface area contributed by atoms with Gasteiger partial charge in [-0.2, -0.15) is 17.0 Å². The van der Waals surface area contributed by atoms with E-state index in [1.807, 2.05) is 36.0 Å². The number of pyridine rings is 1. The van der Waals surface area contributed by atoms with Crippen LogP contribution in [0.3, 0.4) is 0 Å².